The van der Waals surface area contributed by atoms with Gasteiger partial charge >= 0.3 is 0 Å². The summed E-state index contributed by atoms with van der Waals surface area (Å²) >= 11 is 12.7. The van der Waals surface area contributed by atoms with E-state index in [4.69, 9.17) is 27.9 Å². The quantitative estimate of drug-likeness (QED) is 0.320. The molecule has 11 heteroatoms. The van der Waals surface area contributed by atoms with Gasteiger partial charge in [-0.25, -0.2) is 4.98 Å². The van der Waals surface area contributed by atoms with Crippen molar-refractivity contribution < 1.29 is 4.74 Å². The number of pyridine rings is 1. The molecule has 36 heavy (non-hydrogen) atoms. The highest BCUT2D eigenvalue weighted by Crippen LogP contribution is 2.31. The Balaban J connectivity index is 1.56. The zero-order valence-corrected chi connectivity index (χ0v) is 20.6. The van der Waals surface area contributed by atoms with Crippen molar-refractivity contribution in [3.05, 3.63) is 99.5 Å². The van der Waals surface area contributed by atoms with E-state index in [2.05, 4.69) is 31.6 Å². The minimum atomic E-state index is -0.425. The summed E-state index contributed by atoms with van der Waals surface area (Å²) in [6, 6.07) is 18.7. The molecule has 5 rings (SSSR count). The third-order valence-corrected chi connectivity index (χ3v) is 6.25. The van der Waals surface area contributed by atoms with E-state index in [-0.39, 0.29) is 5.56 Å². The lowest BCUT2D eigenvalue weighted by Gasteiger charge is -2.18. The second-order valence-corrected chi connectivity index (χ2v) is 8.75. The highest BCUT2D eigenvalue weighted by molar-refractivity contribution is 6.32. The minimum Gasteiger partial charge on any atom is -0.385 e. The second-order valence-electron chi connectivity index (χ2n) is 7.95. The molecular formula is C25H20Cl2N7O2. The fourth-order valence-electron chi connectivity index (χ4n) is 4.03. The molecule has 0 saturated carbocycles. The molecule has 1 atom stereocenters. The smallest absolute Gasteiger partial charge is 0.251 e. The molecular weight excluding hydrogens is 501 g/mol. The van der Waals surface area contributed by atoms with Gasteiger partial charge < -0.3 is 14.3 Å². The lowest BCUT2D eigenvalue weighted by Crippen LogP contribution is -2.26. The molecule has 1 unspecified atom stereocenters. The monoisotopic (exact) mass is 520 g/mol. The lowest BCUT2D eigenvalue weighted by atomic mass is 10.0. The summed E-state index contributed by atoms with van der Waals surface area (Å²) in [5.74, 6) is 0.562. The van der Waals surface area contributed by atoms with Crippen molar-refractivity contribution in [2.45, 2.75) is 12.5 Å². The van der Waals surface area contributed by atoms with Crippen molar-refractivity contribution >= 4 is 23.2 Å². The Morgan fingerprint density at radius 1 is 1.11 bits per heavy atom. The summed E-state index contributed by atoms with van der Waals surface area (Å²) in [5, 5.41) is 12.2. The predicted molar refractivity (Wildman–Crippen MR) is 136 cm³/mol. The third-order valence-electron chi connectivity index (χ3n) is 5.75. The Bertz CT molecular complexity index is 1530. The molecule has 0 bridgehead atoms. The summed E-state index contributed by atoms with van der Waals surface area (Å²) < 4.78 is 8.44. The molecule has 1 N–H and O–H groups in total. The van der Waals surface area contributed by atoms with E-state index in [1.165, 1.54) is 11.0 Å². The van der Waals surface area contributed by atoms with Crippen molar-refractivity contribution in [1.82, 2.24) is 34.7 Å². The van der Waals surface area contributed by atoms with Crippen LogP contribution in [0.25, 0.3) is 28.1 Å². The van der Waals surface area contributed by atoms with Crippen molar-refractivity contribution in [2.75, 3.05) is 13.7 Å². The van der Waals surface area contributed by atoms with Gasteiger partial charge in [0, 0.05) is 42.1 Å². The average molecular weight is 521 g/mol. The topological polar surface area (TPSA) is 104 Å². The summed E-state index contributed by atoms with van der Waals surface area (Å²) in [5.41, 5.74) is 3.42. The zero-order valence-electron chi connectivity index (χ0n) is 19.1. The number of halogens is 2. The Hall–Kier alpha value is -3.79. The minimum absolute atomic E-state index is 0.223. The number of rotatable bonds is 8. The van der Waals surface area contributed by atoms with Crippen LogP contribution >= 0.6 is 23.2 Å². The SMILES string of the molecule is COCCC(c1nc(Cl)c(-c2cc[c]cc2)[nH]1)n1ccc(-c2cc(Cl)ccc2-n2cnnn2)cc1=O. The molecule has 3 heterocycles. The van der Waals surface area contributed by atoms with Crippen molar-refractivity contribution in [3.63, 3.8) is 0 Å². The van der Waals surface area contributed by atoms with Gasteiger partial charge in [-0.3, -0.25) is 4.79 Å². The fraction of sp³-hybridized carbons (Fsp3) is 0.160. The first-order valence-corrected chi connectivity index (χ1v) is 11.8. The van der Waals surface area contributed by atoms with E-state index in [0.717, 1.165) is 11.1 Å². The molecule has 0 saturated heterocycles. The summed E-state index contributed by atoms with van der Waals surface area (Å²) in [6.07, 6.45) is 3.72. The molecule has 0 fully saturated rings. The van der Waals surface area contributed by atoms with Gasteiger partial charge in [-0.1, -0.05) is 47.5 Å². The lowest BCUT2D eigenvalue weighted by molar-refractivity contribution is 0.182. The maximum absolute atomic E-state index is 13.4. The van der Waals surface area contributed by atoms with Gasteiger partial charge in [-0.15, -0.1) is 5.10 Å². The van der Waals surface area contributed by atoms with Crippen LogP contribution in [0.3, 0.4) is 0 Å². The van der Waals surface area contributed by atoms with E-state index >= 15 is 0 Å². The number of ether oxygens (including phenoxy) is 1. The Labute approximate surface area is 216 Å². The van der Waals surface area contributed by atoms with Crippen LogP contribution in [0.2, 0.25) is 10.2 Å². The van der Waals surface area contributed by atoms with Crippen LogP contribution in [-0.2, 0) is 4.74 Å². The van der Waals surface area contributed by atoms with Crippen molar-refractivity contribution in [2.24, 2.45) is 0 Å². The highest BCUT2D eigenvalue weighted by atomic mass is 35.5. The molecule has 0 aliphatic carbocycles. The van der Waals surface area contributed by atoms with Gasteiger partial charge in [0.15, 0.2) is 5.15 Å². The van der Waals surface area contributed by atoms with Gasteiger partial charge in [0.1, 0.15) is 12.2 Å². The average Bonchev–Trinajstić information content (AvgIpc) is 3.56. The van der Waals surface area contributed by atoms with Gasteiger partial charge in [-0.05, 0) is 52.7 Å². The number of tetrazole rings is 1. The number of H-pyrrole nitrogens is 1. The third kappa shape index (κ3) is 4.81. The van der Waals surface area contributed by atoms with E-state index in [1.54, 1.807) is 54.3 Å². The largest absolute Gasteiger partial charge is 0.385 e. The molecule has 1 radical (unpaired) electrons. The van der Waals surface area contributed by atoms with Crippen LogP contribution in [0.4, 0.5) is 0 Å². The maximum Gasteiger partial charge on any atom is 0.251 e. The number of aromatic nitrogens is 7. The molecule has 9 nitrogen and oxygen atoms in total. The maximum atomic E-state index is 13.4. The zero-order chi connectivity index (χ0) is 25.1. The number of nitrogens with zero attached hydrogens (tertiary/aromatic N) is 6. The van der Waals surface area contributed by atoms with E-state index in [0.29, 0.717) is 46.0 Å². The molecule has 0 spiro atoms. The van der Waals surface area contributed by atoms with Gasteiger partial charge in [0.05, 0.1) is 17.4 Å². The number of hydrogen-bond donors (Lipinski definition) is 1. The first-order chi connectivity index (χ1) is 17.5. The summed E-state index contributed by atoms with van der Waals surface area (Å²) in [7, 11) is 1.61. The predicted octanol–water partition coefficient (Wildman–Crippen LogP) is 4.61. The molecule has 2 aromatic carbocycles. The first kappa shape index (κ1) is 23.9. The number of imidazole rings is 1. The summed E-state index contributed by atoms with van der Waals surface area (Å²) in [6.45, 7) is 0.421. The fourth-order valence-corrected chi connectivity index (χ4v) is 4.45. The van der Waals surface area contributed by atoms with E-state index < -0.39 is 6.04 Å². The molecule has 0 amide bonds. The number of benzene rings is 2. The van der Waals surface area contributed by atoms with Crippen molar-refractivity contribution in [3.8, 4) is 28.1 Å². The van der Waals surface area contributed by atoms with Crippen LogP contribution in [-0.4, -0.2) is 48.5 Å². The van der Waals surface area contributed by atoms with Crippen molar-refractivity contribution in [1.29, 1.82) is 0 Å². The van der Waals surface area contributed by atoms with Gasteiger partial charge in [0.2, 0.25) is 0 Å². The Morgan fingerprint density at radius 2 is 1.94 bits per heavy atom. The molecule has 5 aromatic rings. The van der Waals surface area contributed by atoms with Crippen LogP contribution < -0.4 is 5.56 Å². The standard InChI is InChI=1S/C25H20Cl2N7O2/c1-36-12-10-21(25-29-23(24(27)30-25)16-5-3-2-4-6-16)33-11-9-17(13-22(33)35)19-14-18(26)7-8-20(19)34-15-28-31-32-34/h3-9,11,13-15,21H,10,12H2,1H3,(H,29,30). The van der Waals surface area contributed by atoms with Gasteiger partial charge in [0.25, 0.3) is 5.56 Å². The van der Waals surface area contributed by atoms with Crippen LogP contribution in [0.5, 0.6) is 0 Å². The summed E-state index contributed by atoms with van der Waals surface area (Å²) in [4.78, 5) is 21.2. The molecule has 0 aliphatic rings. The van der Waals surface area contributed by atoms with Crippen LogP contribution in [0, 0.1) is 6.07 Å². The van der Waals surface area contributed by atoms with Gasteiger partial charge in [-0.2, -0.15) is 4.68 Å². The van der Waals surface area contributed by atoms with Crippen LogP contribution in [0.1, 0.15) is 18.3 Å². The van der Waals surface area contributed by atoms with Crippen LogP contribution in [0.15, 0.2) is 71.9 Å². The molecule has 3 aromatic heterocycles. The number of methoxy groups -OCH3 is 1. The second kappa shape index (κ2) is 10.4. The molecule has 0 aliphatic heterocycles. The molecule has 181 valence electrons. The number of aromatic amines is 1. The Morgan fingerprint density at radius 3 is 2.67 bits per heavy atom. The van der Waals surface area contributed by atoms with E-state index in [1.807, 2.05) is 18.2 Å². The first-order valence-electron chi connectivity index (χ1n) is 11.0. The normalized spacial score (nSPS) is 12.1. The number of hydrogen-bond acceptors (Lipinski definition) is 6. The number of nitrogens with one attached hydrogen (secondary N) is 1. The van der Waals surface area contributed by atoms with E-state index in [9.17, 15) is 4.79 Å². The Kier molecular flexibility index (Phi) is 6.95. The highest BCUT2D eigenvalue weighted by Gasteiger charge is 2.22.